The third-order valence-electron chi connectivity index (χ3n) is 3.51. The van der Waals surface area contributed by atoms with Crippen LogP contribution >= 0.6 is 0 Å². The van der Waals surface area contributed by atoms with Crippen molar-refractivity contribution in [1.29, 1.82) is 0 Å². The summed E-state index contributed by atoms with van der Waals surface area (Å²) in [5.74, 6) is 0. The van der Waals surface area contributed by atoms with Crippen LogP contribution in [-0.4, -0.2) is 42.5 Å². The van der Waals surface area contributed by atoms with Crippen molar-refractivity contribution in [3.05, 3.63) is 0 Å². The molecule has 0 amide bonds. The lowest BCUT2D eigenvalue weighted by Crippen LogP contribution is -2.43. The Labute approximate surface area is 126 Å². The maximum atomic E-state index is 6.19. The van der Waals surface area contributed by atoms with Gasteiger partial charge < -0.3 is 17.7 Å². The SMILES string of the molecule is CCO[Si](C)(C)OC1CCC(O[Si](C)(C)OCC)CC1. The Hall–Kier alpha value is 0.274. The third-order valence-corrected chi connectivity index (χ3v) is 7.28. The molecule has 120 valence electrons. The maximum Gasteiger partial charge on any atom is 0.331 e. The molecule has 0 saturated heterocycles. The van der Waals surface area contributed by atoms with Gasteiger partial charge >= 0.3 is 17.1 Å². The molecule has 0 spiro atoms. The molecule has 20 heavy (non-hydrogen) atoms. The van der Waals surface area contributed by atoms with Gasteiger partial charge in [-0.3, -0.25) is 0 Å². The van der Waals surface area contributed by atoms with Crippen molar-refractivity contribution in [2.75, 3.05) is 13.2 Å². The van der Waals surface area contributed by atoms with Gasteiger partial charge in [0.1, 0.15) is 0 Å². The fraction of sp³-hybridized carbons (Fsp3) is 1.00. The molecule has 0 heterocycles. The van der Waals surface area contributed by atoms with E-state index in [1.807, 2.05) is 13.8 Å². The second-order valence-corrected chi connectivity index (χ2v) is 12.9. The summed E-state index contributed by atoms with van der Waals surface area (Å²) >= 11 is 0. The lowest BCUT2D eigenvalue weighted by Gasteiger charge is -2.36. The summed E-state index contributed by atoms with van der Waals surface area (Å²) in [6.07, 6.45) is 4.99. The topological polar surface area (TPSA) is 36.9 Å². The second kappa shape index (κ2) is 8.05. The minimum atomic E-state index is -1.93. The highest BCUT2D eigenvalue weighted by molar-refractivity contribution is 6.64. The normalized spacial score (nSPS) is 24.9. The van der Waals surface area contributed by atoms with Gasteiger partial charge in [-0.2, -0.15) is 0 Å². The van der Waals surface area contributed by atoms with Crippen molar-refractivity contribution < 1.29 is 17.7 Å². The summed E-state index contributed by atoms with van der Waals surface area (Å²) in [4.78, 5) is 0. The van der Waals surface area contributed by atoms with Crippen molar-refractivity contribution in [1.82, 2.24) is 0 Å². The summed E-state index contributed by atoms with van der Waals surface area (Å²) in [6, 6.07) is 0. The second-order valence-electron chi connectivity index (χ2n) is 6.30. The van der Waals surface area contributed by atoms with Gasteiger partial charge in [0.2, 0.25) is 0 Å². The molecule has 1 fully saturated rings. The zero-order valence-electron chi connectivity index (χ0n) is 14.0. The van der Waals surface area contributed by atoms with E-state index in [4.69, 9.17) is 17.7 Å². The average molecular weight is 321 g/mol. The summed E-state index contributed by atoms with van der Waals surface area (Å²) in [5.41, 5.74) is 0. The Morgan fingerprint density at radius 1 is 0.700 bits per heavy atom. The molecule has 4 nitrogen and oxygen atoms in total. The quantitative estimate of drug-likeness (QED) is 0.637. The minimum Gasteiger partial charge on any atom is -0.395 e. The predicted molar refractivity (Wildman–Crippen MR) is 86.4 cm³/mol. The number of hydrogen-bond donors (Lipinski definition) is 0. The molecular formula is C14H32O4Si2. The van der Waals surface area contributed by atoms with Crippen LogP contribution in [0.15, 0.2) is 0 Å². The molecule has 0 radical (unpaired) electrons. The first-order valence-electron chi connectivity index (χ1n) is 7.91. The summed E-state index contributed by atoms with van der Waals surface area (Å²) in [7, 11) is -3.86. The first-order chi connectivity index (χ1) is 9.28. The monoisotopic (exact) mass is 320 g/mol. The van der Waals surface area contributed by atoms with Crippen molar-refractivity contribution in [2.45, 2.75) is 77.9 Å². The van der Waals surface area contributed by atoms with Crippen molar-refractivity contribution in [3.63, 3.8) is 0 Å². The van der Waals surface area contributed by atoms with Gasteiger partial charge in [-0.05, 0) is 65.7 Å². The van der Waals surface area contributed by atoms with Crippen LogP contribution in [0.3, 0.4) is 0 Å². The molecule has 0 bridgehead atoms. The van der Waals surface area contributed by atoms with Crippen LogP contribution in [0.5, 0.6) is 0 Å². The van der Waals surface area contributed by atoms with Gasteiger partial charge in [0, 0.05) is 25.4 Å². The molecular weight excluding hydrogens is 288 g/mol. The molecule has 1 rings (SSSR count). The highest BCUT2D eigenvalue weighted by Gasteiger charge is 2.34. The van der Waals surface area contributed by atoms with Crippen LogP contribution in [0, 0.1) is 0 Å². The smallest absolute Gasteiger partial charge is 0.331 e. The standard InChI is InChI=1S/C14H32O4Si2/c1-7-15-19(3,4)17-13-9-11-14(12-10-13)18-20(5,6)16-8-2/h13-14H,7-12H2,1-6H3. The molecule has 6 heteroatoms. The third kappa shape index (κ3) is 6.82. The fourth-order valence-electron chi connectivity index (χ4n) is 2.83. The lowest BCUT2D eigenvalue weighted by molar-refractivity contribution is 0.0365. The summed E-state index contributed by atoms with van der Waals surface area (Å²) < 4.78 is 23.9. The Morgan fingerprint density at radius 3 is 1.25 bits per heavy atom. The van der Waals surface area contributed by atoms with Gasteiger partial charge in [-0.25, -0.2) is 0 Å². The molecule has 0 unspecified atom stereocenters. The van der Waals surface area contributed by atoms with Gasteiger partial charge in [0.25, 0.3) is 0 Å². The lowest BCUT2D eigenvalue weighted by atomic mass is 9.95. The van der Waals surface area contributed by atoms with Crippen LogP contribution in [-0.2, 0) is 17.7 Å². The summed E-state index contributed by atoms with van der Waals surface area (Å²) in [6.45, 7) is 14.1. The first-order valence-corrected chi connectivity index (χ1v) is 13.5. The molecule has 0 N–H and O–H groups in total. The van der Waals surface area contributed by atoms with Crippen LogP contribution in [0.4, 0.5) is 0 Å². The van der Waals surface area contributed by atoms with Crippen molar-refractivity contribution in [3.8, 4) is 0 Å². The van der Waals surface area contributed by atoms with Crippen LogP contribution < -0.4 is 0 Å². The van der Waals surface area contributed by atoms with Crippen LogP contribution in [0.2, 0.25) is 26.2 Å². The largest absolute Gasteiger partial charge is 0.395 e. The fourth-order valence-corrected chi connectivity index (χ4v) is 6.44. The zero-order chi connectivity index (χ0) is 15.2. The van der Waals surface area contributed by atoms with Crippen molar-refractivity contribution in [2.24, 2.45) is 0 Å². The first kappa shape index (κ1) is 18.3. The van der Waals surface area contributed by atoms with E-state index < -0.39 is 17.1 Å². The Morgan fingerprint density at radius 2 is 1.00 bits per heavy atom. The molecule has 0 aromatic heterocycles. The van der Waals surface area contributed by atoms with E-state index in [9.17, 15) is 0 Å². The Bertz CT molecular complexity index is 248. The van der Waals surface area contributed by atoms with E-state index in [1.165, 1.54) is 0 Å². The van der Waals surface area contributed by atoms with Gasteiger partial charge in [0.05, 0.1) is 0 Å². The van der Waals surface area contributed by atoms with Crippen LogP contribution in [0.25, 0.3) is 0 Å². The van der Waals surface area contributed by atoms with Gasteiger partial charge in [-0.15, -0.1) is 0 Å². The highest BCUT2D eigenvalue weighted by atomic mass is 28.4. The number of rotatable bonds is 8. The van der Waals surface area contributed by atoms with E-state index >= 15 is 0 Å². The molecule has 0 aromatic carbocycles. The molecule has 1 aliphatic carbocycles. The minimum absolute atomic E-state index is 0.347. The van der Waals surface area contributed by atoms with E-state index in [0.717, 1.165) is 38.9 Å². The summed E-state index contributed by atoms with van der Waals surface area (Å²) in [5, 5.41) is 0. The van der Waals surface area contributed by atoms with E-state index in [-0.39, 0.29) is 0 Å². The van der Waals surface area contributed by atoms with E-state index in [1.54, 1.807) is 0 Å². The highest BCUT2D eigenvalue weighted by Crippen LogP contribution is 2.28. The molecule has 0 aliphatic heterocycles. The molecule has 0 atom stereocenters. The van der Waals surface area contributed by atoms with Gasteiger partial charge in [0.15, 0.2) is 0 Å². The molecule has 1 aliphatic rings. The number of hydrogen-bond acceptors (Lipinski definition) is 4. The van der Waals surface area contributed by atoms with Crippen LogP contribution in [0.1, 0.15) is 39.5 Å². The van der Waals surface area contributed by atoms with Crippen molar-refractivity contribution >= 4 is 17.1 Å². The molecule has 1 saturated carbocycles. The van der Waals surface area contributed by atoms with E-state index in [2.05, 4.69) is 26.2 Å². The Balaban J connectivity index is 2.33. The zero-order valence-corrected chi connectivity index (χ0v) is 16.0. The maximum absolute atomic E-state index is 6.19. The van der Waals surface area contributed by atoms with E-state index in [0.29, 0.717) is 12.2 Å². The average Bonchev–Trinajstić information content (AvgIpc) is 2.30. The van der Waals surface area contributed by atoms with Gasteiger partial charge in [-0.1, -0.05) is 0 Å². The Kier molecular flexibility index (Phi) is 7.38. The predicted octanol–water partition coefficient (Wildman–Crippen LogP) is 3.81. The molecule has 0 aromatic rings.